The number of aliphatic hydroxyl groups excluding tert-OH is 1. The molecule has 0 spiro atoms. The fourth-order valence-electron chi connectivity index (χ4n) is 3.27. The molecule has 1 unspecified atom stereocenters. The van der Waals surface area contributed by atoms with Crippen LogP contribution in [0.3, 0.4) is 0 Å². The van der Waals surface area contributed by atoms with E-state index in [2.05, 4.69) is 12.1 Å². The molecule has 1 aliphatic heterocycles. The Morgan fingerprint density at radius 3 is 2.43 bits per heavy atom. The topological polar surface area (TPSA) is 70.1 Å². The summed E-state index contributed by atoms with van der Waals surface area (Å²) in [5.74, 6) is 0.153. The lowest BCUT2D eigenvalue weighted by molar-refractivity contribution is -0.140. The second-order valence-corrected chi connectivity index (χ2v) is 6.96. The van der Waals surface area contributed by atoms with E-state index in [4.69, 9.17) is 4.74 Å². The van der Waals surface area contributed by atoms with E-state index in [9.17, 15) is 14.7 Å². The van der Waals surface area contributed by atoms with Crippen molar-refractivity contribution in [2.24, 2.45) is 0 Å². The van der Waals surface area contributed by atoms with Gasteiger partial charge >= 0.3 is 0 Å². The van der Waals surface area contributed by atoms with Crippen LogP contribution in [-0.2, 0) is 16.0 Å². The first kappa shape index (κ1) is 19.9. The van der Waals surface area contributed by atoms with Gasteiger partial charge in [-0.1, -0.05) is 48.5 Å². The first-order chi connectivity index (χ1) is 13.6. The lowest BCUT2D eigenvalue weighted by atomic mass is 10.1. The molecule has 3 rings (SSSR count). The third kappa shape index (κ3) is 5.82. The van der Waals surface area contributed by atoms with Crippen LogP contribution in [0.5, 0.6) is 5.75 Å². The van der Waals surface area contributed by atoms with Gasteiger partial charge in [-0.05, 0) is 30.5 Å². The summed E-state index contributed by atoms with van der Waals surface area (Å²) in [6.45, 7) is 0.763. The number of benzene rings is 2. The average molecular weight is 382 g/mol. The lowest BCUT2D eigenvalue weighted by Crippen LogP contribution is -2.41. The monoisotopic (exact) mass is 382 g/mol. The van der Waals surface area contributed by atoms with Crippen LogP contribution in [0.2, 0.25) is 0 Å². The smallest absolute Gasteiger partial charge is 0.261 e. The van der Waals surface area contributed by atoms with Gasteiger partial charge in [-0.2, -0.15) is 0 Å². The standard InChI is InChI=1S/C22H26N2O4/c25-19-14-23(13-7-10-18-8-3-1-4-9-18)21(26)16-24(15-19)22(27)17-28-20-11-5-2-6-12-20/h1-6,8-9,11-12,19,25H,7,10,13-17H2. The molecule has 1 atom stereocenters. The molecular formula is C22H26N2O4. The van der Waals surface area contributed by atoms with Gasteiger partial charge in [0.1, 0.15) is 5.75 Å². The van der Waals surface area contributed by atoms with Crippen LogP contribution < -0.4 is 4.74 Å². The van der Waals surface area contributed by atoms with Crippen LogP contribution >= 0.6 is 0 Å². The minimum Gasteiger partial charge on any atom is -0.484 e. The predicted molar refractivity (Wildman–Crippen MR) is 106 cm³/mol. The van der Waals surface area contributed by atoms with E-state index in [1.165, 1.54) is 10.5 Å². The Bertz CT molecular complexity index is 767. The number of ether oxygens (including phenoxy) is 1. The molecule has 1 aliphatic rings. The van der Waals surface area contributed by atoms with Crippen molar-refractivity contribution in [3.05, 3.63) is 66.2 Å². The predicted octanol–water partition coefficient (Wildman–Crippen LogP) is 1.73. The fourth-order valence-corrected chi connectivity index (χ4v) is 3.27. The van der Waals surface area contributed by atoms with Crippen molar-refractivity contribution in [2.45, 2.75) is 18.9 Å². The van der Waals surface area contributed by atoms with Gasteiger partial charge in [-0.25, -0.2) is 0 Å². The third-order valence-corrected chi connectivity index (χ3v) is 4.74. The Labute approximate surface area is 165 Å². The second kappa shape index (κ2) is 9.90. The summed E-state index contributed by atoms with van der Waals surface area (Å²) in [4.78, 5) is 28.0. The van der Waals surface area contributed by atoms with Crippen molar-refractivity contribution >= 4 is 11.8 Å². The molecule has 148 valence electrons. The number of amides is 2. The molecule has 0 bridgehead atoms. The van der Waals surface area contributed by atoms with E-state index in [-0.39, 0.29) is 38.1 Å². The summed E-state index contributed by atoms with van der Waals surface area (Å²) in [5, 5.41) is 10.3. The quantitative estimate of drug-likeness (QED) is 0.792. The van der Waals surface area contributed by atoms with Crippen molar-refractivity contribution in [1.82, 2.24) is 9.80 Å². The maximum Gasteiger partial charge on any atom is 0.261 e. The summed E-state index contributed by atoms with van der Waals surface area (Å²) >= 11 is 0. The molecule has 1 saturated heterocycles. The number of nitrogens with zero attached hydrogens (tertiary/aromatic N) is 2. The molecule has 28 heavy (non-hydrogen) atoms. The molecular weight excluding hydrogens is 356 g/mol. The number of carbonyl (C=O) groups is 2. The van der Waals surface area contributed by atoms with Crippen molar-refractivity contribution < 1.29 is 19.4 Å². The normalized spacial score (nSPS) is 17.3. The van der Waals surface area contributed by atoms with Crippen molar-refractivity contribution in [2.75, 3.05) is 32.8 Å². The van der Waals surface area contributed by atoms with E-state index >= 15 is 0 Å². The summed E-state index contributed by atoms with van der Waals surface area (Å²) in [5.41, 5.74) is 1.22. The number of aryl methyl sites for hydroxylation is 1. The highest BCUT2D eigenvalue weighted by Crippen LogP contribution is 2.11. The third-order valence-electron chi connectivity index (χ3n) is 4.74. The van der Waals surface area contributed by atoms with Crippen LogP contribution in [0.4, 0.5) is 0 Å². The Morgan fingerprint density at radius 2 is 1.71 bits per heavy atom. The molecule has 2 aromatic carbocycles. The van der Waals surface area contributed by atoms with Gasteiger partial charge in [-0.3, -0.25) is 9.59 Å². The Hall–Kier alpha value is -2.86. The van der Waals surface area contributed by atoms with Gasteiger partial charge in [0.25, 0.3) is 5.91 Å². The number of aliphatic hydroxyl groups is 1. The van der Waals surface area contributed by atoms with E-state index in [1.54, 1.807) is 17.0 Å². The largest absolute Gasteiger partial charge is 0.484 e. The van der Waals surface area contributed by atoms with Gasteiger partial charge in [0, 0.05) is 19.6 Å². The summed E-state index contributed by atoms with van der Waals surface area (Å²) < 4.78 is 5.48. The molecule has 6 nitrogen and oxygen atoms in total. The molecule has 0 radical (unpaired) electrons. The molecule has 0 aliphatic carbocycles. The molecule has 0 aromatic heterocycles. The molecule has 0 saturated carbocycles. The van der Waals surface area contributed by atoms with Crippen LogP contribution in [-0.4, -0.2) is 65.6 Å². The van der Waals surface area contributed by atoms with Gasteiger partial charge in [0.2, 0.25) is 5.91 Å². The Morgan fingerprint density at radius 1 is 1.04 bits per heavy atom. The van der Waals surface area contributed by atoms with Crippen LogP contribution in [0.1, 0.15) is 12.0 Å². The lowest BCUT2D eigenvalue weighted by Gasteiger charge is -2.21. The molecule has 1 heterocycles. The van der Waals surface area contributed by atoms with Crippen LogP contribution in [0, 0.1) is 0 Å². The first-order valence-electron chi connectivity index (χ1n) is 9.57. The maximum atomic E-state index is 12.6. The molecule has 1 N–H and O–H groups in total. The number of hydrogen-bond donors (Lipinski definition) is 1. The number of para-hydroxylation sites is 1. The molecule has 2 aromatic rings. The van der Waals surface area contributed by atoms with Gasteiger partial charge < -0.3 is 19.6 Å². The van der Waals surface area contributed by atoms with Gasteiger partial charge in [-0.15, -0.1) is 0 Å². The number of carbonyl (C=O) groups excluding carboxylic acids is 2. The highest BCUT2D eigenvalue weighted by atomic mass is 16.5. The summed E-state index contributed by atoms with van der Waals surface area (Å²) in [7, 11) is 0. The van der Waals surface area contributed by atoms with Crippen molar-refractivity contribution in [3.63, 3.8) is 0 Å². The molecule has 6 heteroatoms. The Balaban J connectivity index is 1.50. The summed E-state index contributed by atoms with van der Waals surface area (Å²) in [6.07, 6.45) is 0.922. The maximum absolute atomic E-state index is 12.6. The zero-order valence-electron chi connectivity index (χ0n) is 15.9. The SMILES string of the molecule is O=C1CN(C(=O)COc2ccccc2)CC(O)CN1CCCc1ccccc1. The Kier molecular flexibility index (Phi) is 7.03. The first-order valence-corrected chi connectivity index (χ1v) is 9.57. The van der Waals surface area contributed by atoms with E-state index < -0.39 is 6.10 Å². The zero-order valence-corrected chi connectivity index (χ0v) is 15.9. The number of rotatable bonds is 7. The highest BCUT2D eigenvalue weighted by molar-refractivity contribution is 5.86. The molecule has 2 amide bonds. The van der Waals surface area contributed by atoms with E-state index in [0.29, 0.717) is 12.3 Å². The average Bonchev–Trinajstić information content (AvgIpc) is 2.86. The minimum atomic E-state index is -0.760. The number of hydrogen-bond acceptors (Lipinski definition) is 4. The van der Waals surface area contributed by atoms with Crippen molar-refractivity contribution in [3.8, 4) is 5.75 Å². The van der Waals surface area contributed by atoms with Crippen molar-refractivity contribution in [1.29, 1.82) is 0 Å². The van der Waals surface area contributed by atoms with E-state index in [0.717, 1.165) is 12.8 Å². The number of β-amino-alcohol motifs (C(OH)–C–C–N with tert-alkyl or cyclic N) is 1. The fraction of sp³-hybridized carbons (Fsp3) is 0.364. The van der Waals surface area contributed by atoms with Crippen LogP contribution in [0.15, 0.2) is 60.7 Å². The highest BCUT2D eigenvalue weighted by Gasteiger charge is 2.29. The van der Waals surface area contributed by atoms with E-state index in [1.807, 2.05) is 36.4 Å². The summed E-state index contributed by atoms with van der Waals surface area (Å²) in [6, 6.07) is 19.1. The zero-order chi connectivity index (χ0) is 19.8. The second-order valence-electron chi connectivity index (χ2n) is 6.96. The minimum absolute atomic E-state index is 0.0284. The van der Waals surface area contributed by atoms with Crippen LogP contribution in [0.25, 0.3) is 0 Å². The van der Waals surface area contributed by atoms with Gasteiger partial charge in [0.15, 0.2) is 6.61 Å². The van der Waals surface area contributed by atoms with Gasteiger partial charge in [0.05, 0.1) is 12.6 Å². The molecule has 1 fully saturated rings.